The van der Waals surface area contributed by atoms with Crippen LogP contribution in [0.2, 0.25) is 0 Å². The third-order valence-electron chi connectivity index (χ3n) is 5.82. The van der Waals surface area contributed by atoms with Gasteiger partial charge in [-0.05, 0) is 63.5 Å². The number of amides is 1. The fraction of sp³-hybridized carbons (Fsp3) is 0.269. The number of thioether (sulfide) groups is 1. The number of rotatable bonds is 5. The van der Waals surface area contributed by atoms with Gasteiger partial charge in [0.1, 0.15) is 10.0 Å². The van der Waals surface area contributed by atoms with Crippen molar-refractivity contribution in [3.63, 3.8) is 0 Å². The second-order valence-corrected chi connectivity index (χ2v) is 9.97. The molecule has 1 saturated heterocycles. The Balaban J connectivity index is 1.87. The van der Waals surface area contributed by atoms with E-state index in [1.54, 1.807) is 4.90 Å². The van der Waals surface area contributed by atoms with Gasteiger partial charge in [0.15, 0.2) is 0 Å². The Labute approximate surface area is 199 Å². The zero-order valence-corrected chi connectivity index (χ0v) is 20.7. The van der Waals surface area contributed by atoms with Crippen molar-refractivity contribution >= 4 is 40.3 Å². The average molecular weight is 462 g/mol. The van der Waals surface area contributed by atoms with Crippen molar-refractivity contribution in [1.29, 1.82) is 0 Å². The van der Waals surface area contributed by atoms with Crippen LogP contribution in [0.3, 0.4) is 0 Å². The fourth-order valence-corrected chi connectivity index (χ4v) is 5.59. The quantitative estimate of drug-likeness (QED) is 0.323. The highest BCUT2D eigenvalue weighted by atomic mass is 32.2. The Morgan fingerprint density at radius 1 is 1.12 bits per heavy atom. The molecule has 0 N–H and O–H groups in total. The second kappa shape index (κ2) is 9.04. The van der Waals surface area contributed by atoms with Crippen LogP contribution in [0.5, 0.6) is 0 Å². The van der Waals surface area contributed by atoms with Crippen LogP contribution < -0.4 is 0 Å². The highest BCUT2D eigenvalue weighted by molar-refractivity contribution is 8.26. The smallest absolute Gasteiger partial charge is 0.266 e. The third kappa shape index (κ3) is 4.17. The minimum absolute atomic E-state index is 0.0230. The number of carbonyl (C=O) groups excluding carboxylic acids is 1. The number of aryl methyl sites for hydroxylation is 3. The highest BCUT2D eigenvalue weighted by Gasteiger charge is 2.35. The van der Waals surface area contributed by atoms with Crippen molar-refractivity contribution in [2.24, 2.45) is 0 Å². The van der Waals surface area contributed by atoms with Crippen LogP contribution in [0.1, 0.15) is 42.5 Å². The molecule has 32 heavy (non-hydrogen) atoms. The summed E-state index contributed by atoms with van der Waals surface area (Å²) in [7, 11) is 0. The van der Waals surface area contributed by atoms with Gasteiger partial charge in [0.25, 0.3) is 5.91 Å². The zero-order valence-electron chi connectivity index (χ0n) is 19.0. The maximum absolute atomic E-state index is 13.1. The molecule has 0 spiro atoms. The monoisotopic (exact) mass is 461 g/mol. The molecular weight excluding hydrogens is 434 g/mol. The van der Waals surface area contributed by atoms with Gasteiger partial charge in [-0.1, -0.05) is 66.8 Å². The summed E-state index contributed by atoms with van der Waals surface area (Å²) in [6.07, 6.45) is 4.81. The summed E-state index contributed by atoms with van der Waals surface area (Å²) in [4.78, 5) is 15.5. The summed E-state index contributed by atoms with van der Waals surface area (Å²) < 4.78 is 2.50. The number of para-hydroxylation sites is 1. The molecule has 2 aromatic carbocycles. The fourth-order valence-electron chi connectivity index (χ4n) is 4.14. The molecule has 1 aliphatic heterocycles. The van der Waals surface area contributed by atoms with Gasteiger partial charge in [0, 0.05) is 23.4 Å². The lowest BCUT2D eigenvalue weighted by atomic mass is 9.95. The maximum Gasteiger partial charge on any atom is 0.266 e. The molecule has 1 atom stereocenters. The van der Waals surface area contributed by atoms with Crippen LogP contribution in [0, 0.1) is 20.8 Å². The number of benzene rings is 2. The third-order valence-corrected chi connectivity index (χ3v) is 7.15. The van der Waals surface area contributed by atoms with Gasteiger partial charge in [0.05, 0.1) is 10.6 Å². The minimum Gasteiger partial charge on any atom is -0.290 e. The Kier molecular flexibility index (Phi) is 6.35. The van der Waals surface area contributed by atoms with Crippen molar-refractivity contribution < 1.29 is 4.79 Å². The van der Waals surface area contributed by atoms with Gasteiger partial charge in [-0.25, -0.2) is 4.68 Å². The molecule has 0 unspecified atom stereocenters. The summed E-state index contributed by atoms with van der Waals surface area (Å²) in [6, 6.07) is 14.5. The largest absolute Gasteiger partial charge is 0.290 e. The van der Waals surface area contributed by atoms with Crippen molar-refractivity contribution in [2.75, 3.05) is 0 Å². The van der Waals surface area contributed by atoms with Crippen LogP contribution in [0.15, 0.2) is 53.6 Å². The Hall–Kier alpha value is -2.70. The number of aromatic nitrogens is 2. The zero-order chi connectivity index (χ0) is 23.0. The lowest BCUT2D eigenvalue weighted by Gasteiger charge is -2.21. The summed E-state index contributed by atoms with van der Waals surface area (Å²) >= 11 is 6.90. The number of nitrogens with zero attached hydrogens (tertiary/aromatic N) is 3. The molecular formula is C26H27N3OS2. The van der Waals surface area contributed by atoms with E-state index >= 15 is 0 Å². The summed E-state index contributed by atoms with van der Waals surface area (Å²) in [5.41, 5.74) is 7.43. The first-order chi connectivity index (χ1) is 15.3. The topological polar surface area (TPSA) is 38.1 Å². The lowest BCUT2D eigenvalue weighted by Crippen LogP contribution is -2.36. The van der Waals surface area contributed by atoms with E-state index in [4.69, 9.17) is 17.3 Å². The summed E-state index contributed by atoms with van der Waals surface area (Å²) in [5, 5.41) is 4.96. The molecule has 0 bridgehead atoms. The Morgan fingerprint density at radius 3 is 2.41 bits per heavy atom. The predicted octanol–water partition coefficient (Wildman–Crippen LogP) is 6.46. The van der Waals surface area contributed by atoms with Crippen LogP contribution in [0.25, 0.3) is 23.0 Å². The van der Waals surface area contributed by atoms with E-state index in [9.17, 15) is 4.79 Å². The van der Waals surface area contributed by atoms with E-state index in [0.29, 0.717) is 9.23 Å². The van der Waals surface area contributed by atoms with E-state index in [-0.39, 0.29) is 11.9 Å². The molecule has 0 saturated carbocycles. The van der Waals surface area contributed by atoms with Gasteiger partial charge >= 0.3 is 0 Å². The lowest BCUT2D eigenvalue weighted by molar-refractivity contribution is -0.123. The van der Waals surface area contributed by atoms with Crippen LogP contribution in [-0.2, 0) is 4.79 Å². The normalized spacial score (nSPS) is 16.3. The van der Waals surface area contributed by atoms with Gasteiger partial charge in [0.2, 0.25) is 0 Å². The number of hydrogen-bond donors (Lipinski definition) is 0. The minimum atomic E-state index is -0.0230. The predicted molar refractivity (Wildman–Crippen MR) is 138 cm³/mol. The second-order valence-electron chi connectivity index (χ2n) is 8.30. The van der Waals surface area contributed by atoms with E-state index in [2.05, 4.69) is 39.8 Å². The molecule has 4 nitrogen and oxygen atoms in total. The molecule has 6 heteroatoms. The Bertz CT molecular complexity index is 1200. The molecule has 0 radical (unpaired) electrons. The molecule has 164 valence electrons. The summed E-state index contributed by atoms with van der Waals surface area (Å²) in [5.74, 6) is -0.0230. The van der Waals surface area contributed by atoms with Crippen molar-refractivity contribution in [3.8, 4) is 16.9 Å². The van der Waals surface area contributed by atoms with Crippen molar-refractivity contribution in [3.05, 3.63) is 75.8 Å². The number of hydrogen-bond acceptors (Lipinski definition) is 4. The molecule has 1 amide bonds. The van der Waals surface area contributed by atoms with Crippen LogP contribution >= 0.6 is 24.0 Å². The molecule has 1 fully saturated rings. The number of thiocarbonyl (C=S) groups is 1. The van der Waals surface area contributed by atoms with Crippen molar-refractivity contribution in [2.45, 2.75) is 47.1 Å². The molecule has 3 aromatic rings. The first-order valence-electron chi connectivity index (χ1n) is 10.8. The SMILES string of the molecule is CC[C@@H](C)N1C(=O)/C(=C/c2cn(-c3ccccc3)nc2-c2c(C)cc(C)cc2C)SC1=S. The van der Waals surface area contributed by atoms with E-state index in [1.165, 1.54) is 28.5 Å². The standard InChI is InChI=1S/C26H27N3OS2/c1-6-19(5)29-25(30)22(32-26(29)31)14-20-15-28(21-10-8-7-9-11-21)27-24(20)23-17(3)12-16(2)13-18(23)4/h7-15,19H,6H2,1-5H3/b22-14-/t19-/m1/s1. The molecule has 4 rings (SSSR count). The van der Waals surface area contributed by atoms with Gasteiger partial charge in [-0.15, -0.1) is 0 Å². The maximum atomic E-state index is 13.1. The van der Waals surface area contributed by atoms with E-state index in [0.717, 1.165) is 28.9 Å². The van der Waals surface area contributed by atoms with Crippen molar-refractivity contribution in [1.82, 2.24) is 14.7 Å². The van der Waals surface area contributed by atoms with E-state index in [1.807, 2.05) is 54.2 Å². The molecule has 2 heterocycles. The van der Waals surface area contributed by atoms with Gasteiger partial charge < -0.3 is 0 Å². The van der Waals surface area contributed by atoms with Crippen LogP contribution in [-0.4, -0.2) is 30.9 Å². The summed E-state index contributed by atoms with van der Waals surface area (Å²) in [6.45, 7) is 10.4. The van der Waals surface area contributed by atoms with E-state index < -0.39 is 0 Å². The first kappa shape index (κ1) is 22.5. The molecule has 1 aromatic heterocycles. The molecule has 1 aliphatic rings. The van der Waals surface area contributed by atoms with Crippen LogP contribution in [0.4, 0.5) is 0 Å². The first-order valence-corrected chi connectivity index (χ1v) is 12.0. The molecule has 0 aliphatic carbocycles. The Morgan fingerprint density at radius 2 is 1.78 bits per heavy atom. The number of carbonyl (C=O) groups is 1. The van der Waals surface area contributed by atoms with Gasteiger partial charge in [-0.3, -0.25) is 9.69 Å². The van der Waals surface area contributed by atoms with Gasteiger partial charge in [-0.2, -0.15) is 5.10 Å². The highest BCUT2D eigenvalue weighted by Crippen LogP contribution is 2.37. The average Bonchev–Trinajstić information content (AvgIpc) is 3.28.